The highest BCUT2D eigenvalue weighted by Gasteiger charge is 2.07. The number of carbonyl (C=O) groups is 1. The molecule has 12 heavy (non-hydrogen) atoms. The van der Waals surface area contributed by atoms with Gasteiger partial charge < -0.3 is 5.73 Å². The molecule has 0 bridgehead atoms. The zero-order chi connectivity index (χ0) is 9.56. The smallest absolute Gasteiger partial charge is 0.146 e. The second-order valence-corrected chi connectivity index (χ2v) is 3.66. The Morgan fingerprint density at radius 1 is 1.42 bits per heavy atom. The van der Waals surface area contributed by atoms with Crippen molar-refractivity contribution < 1.29 is 4.79 Å². The van der Waals surface area contributed by atoms with Crippen LogP contribution in [-0.2, 0) is 4.79 Å². The second-order valence-electron chi connectivity index (χ2n) is 3.66. The van der Waals surface area contributed by atoms with Crippen LogP contribution >= 0.6 is 0 Å². The Balaban J connectivity index is 3.37. The van der Waals surface area contributed by atoms with E-state index in [1.807, 2.05) is 0 Å². The first-order valence-electron chi connectivity index (χ1n) is 4.84. The molecule has 0 aromatic heterocycles. The van der Waals surface area contributed by atoms with Crippen LogP contribution in [0.3, 0.4) is 0 Å². The van der Waals surface area contributed by atoms with Gasteiger partial charge in [-0.05, 0) is 19.3 Å². The molecule has 0 saturated heterocycles. The van der Waals surface area contributed by atoms with E-state index in [-0.39, 0.29) is 11.8 Å². The van der Waals surface area contributed by atoms with Gasteiger partial charge in [0, 0.05) is 0 Å². The monoisotopic (exact) mass is 171 g/mol. The number of nitrogens with two attached hydrogens (primary N) is 1. The maximum absolute atomic E-state index is 10.8. The molecule has 0 radical (unpaired) electrons. The summed E-state index contributed by atoms with van der Waals surface area (Å²) >= 11 is 0. The van der Waals surface area contributed by atoms with Crippen molar-refractivity contribution in [2.75, 3.05) is 0 Å². The third-order valence-electron chi connectivity index (χ3n) is 2.43. The largest absolute Gasteiger partial charge is 0.322 e. The maximum atomic E-state index is 10.8. The molecule has 0 aromatic rings. The van der Waals surface area contributed by atoms with Crippen LogP contribution in [0.5, 0.6) is 0 Å². The molecule has 72 valence electrons. The van der Waals surface area contributed by atoms with Gasteiger partial charge in [-0.3, -0.25) is 4.79 Å². The SMILES string of the molecule is CCC(C)CCCC(N)C(C)=O. The molecule has 0 fully saturated rings. The fourth-order valence-electron chi connectivity index (χ4n) is 1.09. The predicted molar refractivity (Wildman–Crippen MR) is 52.0 cm³/mol. The lowest BCUT2D eigenvalue weighted by Gasteiger charge is -2.10. The van der Waals surface area contributed by atoms with Gasteiger partial charge in [0.25, 0.3) is 0 Å². The zero-order valence-corrected chi connectivity index (χ0v) is 8.47. The van der Waals surface area contributed by atoms with Gasteiger partial charge in [0.1, 0.15) is 5.78 Å². The summed E-state index contributed by atoms with van der Waals surface area (Å²) in [5, 5.41) is 0. The summed E-state index contributed by atoms with van der Waals surface area (Å²) < 4.78 is 0. The Hall–Kier alpha value is -0.370. The summed E-state index contributed by atoms with van der Waals surface area (Å²) in [5.74, 6) is 0.878. The Labute approximate surface area is 75.5 Å². The molecule has 2 nitrogen and oxygen atoms in total. The van der Waals surface area contributed by atoms with Crippen molar-refractivity contribution >= 4 is 5.78 Å². The van der Waals surface area contributed by atoms with Crippen molar-refractivity contribution in [3.8, 4) is 0 Å². The van der Waals surface area contributed by atoms with Gasteiger partial charge in [-0.2, -0.15) is 0 Å². The van der Waals surface area contributed by atoms with Gasteiger partial charge in [-0.15, -0.1) is 0 Å². The summed E-state index contributed by atoms with van der Waals surface area (Å²) in [5.41, 5.74) is 5.59. The topological polar surface area (TPSA) is 43.1 Å². The van der Waals surface area contributed by atoms with Gasteiger partial charge in [0.15, 0.2) is 0 Å². The molecule has 0 saturated carbocycles. The molecule has 0 aromatic carbocycles. The molecule has 0 amide bonds. The highest BCUT2D eigenvalue weighted by atomic mass is 16.1. The van der Waals surface area contributed by atoms with E-state index in [2.05, 4.69) is 13.8 Å². The van der Waals surface area contributed by atoms with E-state index in [1.54, 1.807) is 6.92 Å². The number of ketones is 1. The summed E-state index contributed by atoms with van der Waals surface area (Å²) in [6.45, 7) is 5.99. The van der Waals surface area contributed by atoms with E-state index in [0.29, 0.717) is 0 Å². The van der Waals surface area contributed by atoms with Gasteiger partial charge in [-0.25, -0.2) is 0 Å². The van der Waals surface area contributed by atoms with E-state index in [0.717, 1.165) is 18.8 Å². The number of Topliss-reactive ketones (excluding diaryl/α,β-unsaturated/α-hetero) is 1. The second kappa shape index (κ2) is 6.18. The summed E-state index contributed by atoms with van der Waals surface area (Å²) in [4.78, 5) is 10.8. The lowest BCUT2D eigenvalue weighted by molar-refractivity contribution is -0.118. The van der Waals surface area contributed by atoms with Crippen molar-refractivity contribution in [1.29, 1.82) is 0 Å². The van der Waals surface area contributed by atoms with Crippen molar-refractivity contribution in [3.63, 3.8) is 0 Å². The molecule has 0 spiro atoms. The molecule has 0 aliphatic heterocycles. The number of hydrogen-bond donors (Lipinski definition) is 1. The fraction of sp³-hybridized carbons (Fsp3) is 0.900. The van der Waals surface area contributed by atoms with Crippen molar-refractivity contribution in [1.82, 2.24) is 0 Å². The predicted octanol–water partition coefficient (Wildman–Crippen LogP) is 2.12. The number of hydrogen-bond acceptors (Lipinski definition) is 2. The summed E-state index contributed by atoms with van der Waals surface area (Å²) in [6.07, 6.45) is 4.34. The Morgan fingerprint density at radius 3 is 2.42 bits per heavy atom. The molecule has 0 aliphatic rings. The van der Waals surface area contributed by atoms with Crippen molar-refractivity contribution in [3.05, 3.63) is 0 Å². The van der Waals surface area contributed by atoms with Crippen LogP contribution in [0.2, 0.25) is 0 Å². The van der Waals surface area contributed by atoms with Crippen LogP contribution in [0.4, 0.5) is 0 Å². The van der Waals surface area contributed by atoms with Crippen LogP contribution in [0.25, 0.3) is 0 Å². The van der Waals surface area contributed by atoms with E-state index >= 15 is 0 Å². The minimum absolute atomic E-state index is 0.110. The number of rotatable bonds is 6. The average molecular weight is 171 g/mol. The third kappa shape index (κ3) is 5.30. The molecule has 0 heterocycles. The molecule has 2 atom stereocenters. The number of carbonyl (C=O) groups excluding carboxylic acids is 1. The van der Waals surface area contributed by atoms with Crippen molar-refractivity contribution in [2.45, 2.75) is 52.5 Å². The highest BCUT2D eigenvalue weighted by Crippen LogP contribution is 2.11. The summed E-state index contributed by atoms with van der Waals surface area (Å²) in [7, 11) is 0. The lowest BCUT2D eigenvalue weighted by atomic mass is 9.99. The lowest BCUT2D eigenvalue weighted by Crippen LogP contribution is -2.27. The Morgan fingerprint density at radius 2 is 2.00 bits per heavy atom. The minimum atomic E-state index is -0.228. The maximum Gasteiger partial charge on any atom is 0.146 e. The molecule has 2 N–H and O–H groups in total. The molecule has 0 rings (SSSR count). The summed E-state index contributed by atoms with van der Waals surface area (Å²) in [6, 6.07) is -0.228. The van der Waals surface area contributed by atoms with Crippen LogP contribution in [0.1, 0.15) is 46.5 Å². The van der Waals surface area contributed by atoms with Gasteiger partial charge in [0.2, 0.25) is 0 Å². The standard InChI is InChI=1S/C10H21NO/c1-4-8(2)6-5-7-10(11)9(3)12/h8,10H,4-7,11H2,1-3H3. The normalized spacial score (nSPS) is 15.7. The van der Waals surface area contributed by atoms with E-state index in [1.165, 1.54) is 12.8 Å². The van der Waals surface area contributed by atoms with Crippen molar-refractivity contribution in [2.24, 2.45) is 11.7 Å². The van der Waals surface area contributed by atoms with Crippen LogP contribution in [0, 0.1) is 5.92 Å². The Bertz CT molecular complexity index is 134. The molecule has 0 aliphatic carbocycles. The van der Waals surface area contributed by atoms with Crippen LogP contribution in [-0.4, -0.2) is 11.8 Å². The molecular formula is C10H21NO. The first-order chi connectivity index (χ1) is 5.57. The van der Waals surface area contributed by atoms with Gasteiger partial charge in [-0.1, -0.05) is 33.1 Å². The zero-order valence-electron chi connectivity index (χ0n) is 8.47. The van der Waals surface area contributed by atoms with Gasteiger partial charge >= 0.3 is 0 Å². The van der Waals surface area contributed by atoms with Crippen LogP contribution in [0.15, 0.2) is 0 Å². The molecule has 2 unspecified atom stereocenters. The van der Waals surface area contributed by atoms with Crippen LogP contribution < -0.4 is 5.73 Å². The molecular weight excluding hydrogens is 150 g/mol. The van der Waals surface area contributed by atoms with E-state index in [9.17, 15) is 4.79 Å². The average Bonchev–Trinajstić information content (AvgIpc) is 2.03. The first kappa shape index (κ1) is 11.6. The highest BCUT2D eigenvalue weighted by molar-refractivity contribution is 5.80. The minimum Gasteiger partial charge on any atom is -0.322 e. The van der Waals surface area contributed by atoms with Gasteiger partial charge in [0.05, 0.1) is 6.04 Å². The van der Waals surface area contributed by atoms with E-state index in [4.69, 9.17) is 5.73 Å². The first-order valence-corrected chi connectivity index (χ1v) is 4.84. The fourth-order valence-corrected chi connectivity index (χ4v) is 1.09. The molecule has 2 heteroatoms. The third-order valence-corrected chi connectivity index (χ3v) is 2.43. The quantitative estimate of drug-likeness (QED) is 0.665. The Kier molecular flexibility index (Phi) is 5.99. The van der Waals surface area contributed by atoms with E-state index < -0.39 is 0 Å².